The molecule has 0 N–H and O–H groups in total. The highest BCUT2D eigenvalue weighted by Crippen LogP contribution is 2.31. The van der Waals surface area contributed by atoms with E-state index in [1.165, 1.54) is 19.3 Å². The maximum Gasteiger partial charge on any atom is 0.223 e. The topological polar surface area (TPSA) is 62.5 Å². The van der Waals surface area contributed by atoms with Crippen LogP contribution in [0.1, 0.15) is 62.6 Å². The second kappa shape index (κ2) is 7.43. The second-order valence-electron chi connectivity index (χ2n) is 7.11. The third-order valence-electron chi connectivity index (χ3n) is 5.24. The van der Waals surface area contributed by atoms with Gasteiger partial charge in [0.05, 0.1) is 0 Å². The zero-order valence-corrected chi connectivity index (χ0v) is 14.3. The van der Waals surface area contributed by atoms with Crippen molar-refractivity contribution in [3.05, 3.63) is 11.8 Å². The summed E-state index contributed by atoms with van der Waals surface area (Å²) >= 11 is 0. The molecular formula is C17H28N4O2. The molecule has 1 amide bonds. The van der Waals surface area contributed by atoms with Gasteiger partial charge in [-0.1, -0.05) is 19.3 Å². The van der Waals surface area contributed by atoms with Crippen LogP contribution in [-0.2, 0) is 11.2 Å². The lowest BCUT2D eigenvalue weighted by Crippen LogP contribution is -2.34. The zero-order chi connectivity index (χ0) is 16.2. The lowest BCUT2D eigenvalue weighted by molar-refractivity contribution is -0.130. The third kappa shape index (κ3) is 4.10. The Bertz CT molecular complexity index is 522. The predicted octanol–water partition coefficient (Wildman–Crippen LogP) is 2.21. The number of nitrogens with zero attached hydrogens (tertiary/aromatic N) is 4. The molecule has 0 radical (unpaired) electrons. The van der Waals surface area contributed by atoms with Crippen LogP contribution in [0.4, 0.5) is 0 Å². The molecule has 0 spiro atoms. The van der Waals surface area contributed by atoms with Crippen molar-refractivity contribution < 1.29 is 9.21 Å². The van der Waals surface area contributed by atoms with E-state index in [1.54, 1.807) is 0 Å². The maximum absolute atomic E-state index is 12.3. The van der Waals surface area contributed by atoms with Crippen molar-refractivity contribution in [2.75, 3.05) is 27.2 Å². The number of rotatable bonds is 5. The van der Waals surface area contributed by atoms with Crippen molar-refractivity contribution in [2.45, 2.75) is 63.3 Å². The van der Waals surface area contributed by atoms with Crippen LogP contribution in [0.25, 0.3) is 0 Å². The summed E-state index contributed by atoms with van der Waals surface area (Å²) in [5.74, 6) is 2.02. The molecular weight excluding hydrogens is 292 g/mol. The summed E-state index contributed by atoms with van der Waals surface area (Å²) < 4.78 is 5.79. The van der Waals surface area contributed by atoms with E-state index < -0.39 is 0 Å². The standard InChI is InChI=1S/C17H28N4O2/c1-20(2)14-10-11-21(12-14)16(22)9-8-15-18-19-17(23-15)13-6-4-3-5-7-13/h13-14H,3-12H2,1-2H3/t14-/m1/s1. The molecule has 128 valence electrons. The molecule has 1 aliphatic heterocycles. The van der Waals surface area contributed by atoms with Crippen LogP contribution in [0, 0.1) is 0 Å². The molecule has 2 aliphatic rings. The average Bonchev–Trinajstić information content (AvgIpc) is 3.23. The maximum atomic E-state index is 12.3. The summed E-state index contributed by atoms with van der Waals surface area (Å²) in [5, 5.41) is 8.34. The summed E-state index contributed by atoms with van der Waals surface area (Å²) in [7, 11) is 4.15. The predicted molar refractivity (Wildman–Crippen MR) is 87.1 cm³/mol. The first kappa shape index (κ1) is 16.4. The number of carbonyl (C=O) groups excluding carboxylic acids is 1. The van der Waals surface area contributed by atoms with Gasteiger partial charge in [0.15, 0.2) is 0 Å². The largest absolute Gasteiger partial charge is 0.425 e. The van der Waals surface area contributed by atoms with Crippen molar-refractivity contribution in [3.8, 4) is 0 Å². The van der Waals surface area contributed by atoms with E-state index in [0.29, 0.717) is 30.7 Å². The number of likely N-dealkylation sites (tertiary alicyclic amines) is 1. The molecule has 2 fully saturated rings. The monoisotopic (exact) mass is 320 g/mol. The summed E-state index contributed by atoms with van der Waals surface area (Å²) in [6, 6.07) is 0.486. The second-order valence-corrected chi connectivity index (χ2v) is 7.11. The van der Waals surface area contributed by atoms with E-state index in [1.807, 2.05) is 4.90 Å². The first-order valence-corrected chi connectivity index (χ1v) is 8.90. The molecule has 23 heavy (non-hydrogen) atoms. The quantitative estimate of drug-likeness (QED) is 0.832. The van der Waals surface area contributed by atoms with Gasteiger partial charge < -0.3 is 14.2 Å². The SMILES string of the molecule is CN(C)[C@@H]1CCN(C(=O)CCc2nnc(C3CCCCC3)o2)C1. The Morgan fingerprint density at radius 3 is 2.70 bits per heavy atom. The highest BCUT2D eigenvalue weighted by molar-refractivity contribution is 5.76. The molecule has 3 rings (SSSR count). The molecule has 1 aromatic rings. The van der Waals surface area contributed by atoms with Gasteiger partial charge in [-0.3, -0.25) is 4.79 Å². The minimum absolute atomic E-state index is 0.201. The Labute approximate surface area is 138 Å². The Morgan fingerprint density at radius 1 is 1.22 bits per heavy atom. The Balaban J connectivity index is 1.47. The summed E-state index contributed by atoms with van der Waals surface area (Å²) in [6.07, 6.45) is 8.21. The van der Waals surface area contributed by atoms with Crippen molar-refractivity contribution >= 4 is 5.91 Å². The molecule has 1 saturated heterocycles. The van der Waals surface area contributed by atoms with Crippen LogP contribution in [-0.4, -0.2) is 59.1 Å². The zero-order valence-electron chi connectivity index (χ0n) is 14.3. The molecule has 0 unspecified atom stereocenters. The fourth-order valence-corrected chi connectivity index (χ4v) is 3.64. The number of amides is 1. The first-order valence-electron chi connectivity index (χ1n) is 8.90. The number of carbonyl (C=O) groups is 1. The van der Waals surface area contributed by atoms with Gasteiger partial charge in [0.25, 0.3) is 0 Å². The van der Waals surface area contributed by atoms with Crippen molar-refractivity contribution in [1.82, 2.24) is 20.0 Å². The lowest BCUT2D eigenvalue weighted by Gasteiger charge is -2.20. The molecule has 6 nitrogen and oxygen atoms in total. The smallest absolute Gasteiger partial charge is 0.223 e. The average molecular weight is 320 g/mol. The van der Waals surface area contributed by atoms with Gasteiger partial charge in [0.1, 0.15) is 0 Å². The third-order valence-corrected chi connectivity index (χ3v) is 5.24. The van der Waals surface area contributed by atoms with Gasteiger partial charge in [-0.15, -0.1) is 10.2 Å². The number of hydrogen-bond donors (Lipinski definition) is 0. The Morgan fingerprint density at radius 2 is 2.00 bits per heavy atom. The van der Waals surface area contributed by atoms with Crippen LogP contribution in [0.3, 0.4) is 0 Å². The highest BCUT2D eigenvalue weighted by Gasteiger charge is 2.27. The highest BCUT2D eigenvalue weighted by atomic mass is 16.4. The summed E-state index contributed by atoms with van der Waals surface area (Å²) in [6.45, 7) is 1.70. The van der Waals surface area contributed by atoms with Gasteiger partial charge in [-0.05, 0) is 33.4 Å². The van der Waals surface area contributed by atoms with E-state index in [0.717, 1.165) is 38.2 Å². The molecule has 6 heteroatoms. The normalized spacial score (nSPS) is 22.9. The van der Waals surface area contributed by atoms with E-state index in [4.69, 9.17) is 4.42 Å². The van der Waals surface area contributed by atoms with E-state index in [9.17, 15) is 4.79 Å². The number of aryl methyl sites for hydroxylation is 1. The lowest BCUT2D eigenvalue weighted by atomic mass is 9.89. The van der Waals surface area contributed by atoms with Crippen molar-refractivity contribution in [2.24, 2.45) is 0 Å². The first-order chi connectivity index (χ1) is 11.1. The van der Waals surface area contributed by atoms with Gasteiger partial charge in [0.2, 0.25) is 17.7 Å². The Kier molecular flexibility index (Phi) is 5.30. The van der Waals surface area contributed by atoms with Crippen molar-refractivity contribution in [3.63, 3.8) is 0 Å². The van der Waals surface area contributed by atoms with Gasteiger partial charge in [-0.25, -0.2) is 0 Å². The minimum atomic E-state index is 0.201. The van der Waals surface area contributed by atoms with E-state index in [2.05, 4.69) is 29.2 Å². The minimum Gasteiger partial charge on any atom is -0.425 e. The van der Waals surface area contributed by atoms with Crippen LogP contribution in [0.2, 0.25) is 0 Å². The molecule has 0 aromatic carbocycles. The number of aromatic nitrogens is 2. The van der Waals surface area contributed by atoms with Crippen LogP contribution < -0.4 is 0 Å². The van der Waals surface area contributed by atoms with Crippen LogP contribution in [0.5, 0.6) is 0 Å². The molecule has 1 aliphatic carbocycles. The van der Waals surface area contributed by atoms with E-state index >= 15 is 0 Å². The number of likely N-dealkylation sites (N-methyl/N-ethyl adjacent to an activating group) is 1. The fraction of sp³-hybridized carbons (Fsp3) is 0.824. The summed E-state index contributed by atoms with van der Waals surface area (Å²) in [5.41, 5.74) is 0. The fourth-order valence-electron chi connectivity index (χ4n) is 3.64. The van der Waals surface area contributed by atoms with Crippen LogP contribution >= 0.6 is 0 Å². The van der Waals surface area contributed by atoms with Gasteiger partial charge in [0, 0.05) is 37.9 Å². The Hall–Kier alpha value is -1.43. The van der Waals surface area contributed by atoms with Crippen LogP contribution in [0.15, 0.2) is 4.42 Å². The molecule has 1 saturated carbocycles. The molecule has 0 bridgehead atoms. The van der Waals surface area contributed by atoms with Gasteiger partial charge in [-0.2, -0.15) is 0 Å². The molecule has 1 atom stereocenters. The van der Waals surface area contributed by atoms with Gasteiger partial charge >= 0.3 is 0 Å². The number of hydrogen-bond acceptors (Lipinski definition) is 5. The summed E-state index contributed by atoms with van der Waals surface area (Å²) in [4.78, 5) is 16.5. The van der Waals surface area contributed by atoms with E-state index in [-0.39, 0.29) is 5.91 Å². The molecule has 1 aromatic heterocycles. The van der Waals surface area contributed by atoms with Crippen molar-refractivity contribution in [1.29, 1.82) is 0 Å². The molecule has 2 heterocycles.